The van der Waals surface area contributed by atoms with Crippen LogP contribution in [0.5, 0.6) is 0 Å². The number of benzene rings is 1. The molecule has 0 amide bonds. The van der Waals surface area contributed by atoms with E-state index in [0.717, 1.165) is 11.8 Å². The van der Waals surface area contributed by atoms with Gasteiger partial charge in [0.25, 0.3) is 0 Å². The summed E-state index contributed by atoms with van der Waals surface area (Å²) in [5, 5.41) is 16.5. The number of anilines is 2. The Hall–Kier alpha value is -3.99. The van der Waals surface area contributed by atoms with Crippen LogP contribution in [0.3, 0.4) is 0 Å². The van der Waals surface area contributed by atoms with Crippen LogP contribution in [0.25, 0.3) is 11.2 Å². The Morgan fingerprint density at radius 3 is 2.79 bits per heavy atom. The van der Waals surface area contributed by atoms with Gasteiger partial charge in [0.15, 0.2) is 17.8 Å². The molecule has 3 aromatic heterocycles. The molecule has 0 aliphatic rings. The summed E-state index contributed by atoms with van der Waals surface area (Å²) in [4.78, 5) is 23.8. The summed E-state index contributed by atoms with van der Waals surface area (Å²) in [5.41, 5.74) is 3.36. The van der Waals surface area contributed by atoms with E-state index in [1.807, 2.05) is 51.4 Å². The SMILES string of the molecule is Cn1ccc(Nc2ccc(C(C)(C)c3nc4ncc(C#N)cc4[nH]3)cc2C=O)n1. The lowest BCUT2D eigenvalue weighted by atomic mass is 9.83. The van der Waals surface area contributed by atoms with Crippen molar-refractivity contribution in [3.8, 4) is 6.07 Å². The molecular weight excluding hydrogens is 366 g/mol. The molecule has 0 atom stereocenters. The molecule has 0 unspecified atom stereocenters. The van der Waals surface area contributed by atoms with E-state index >= 15 is 0 Å². The molecule has 3 heterocycles. The molecule has 29 heavy (non-hydrogen) atoms. The molecule has 0 radical (unpaired) electrons. The average Bonchev–Trinajstić information content (AvgIpc) is 3.33. The second-order valence-corrected chi connectivity index (χ2v) is 7.34. The summed E-state index contributed by atoms with van der Waals surface area (Å²) in [5.74, 6) is 1.37. The van der Waals surface area contributed by atoms with Gasteiger partial charge in [0.2, 0.25) is 0 Å². The number of aryl methyl sites for hydroxylation is 1. The molecule has 8 heteroatoms. The summed E-state index contributed by atoms with van der Waals surface area (Å²) < 4.78 is 1.69. The summed E-state index contributed by atoms with van der Waals surface area (Å²) in [6.07, 6.45) is 4.15. The zero-order valence-corrected chi connectivity index (χ0v) is 16.3. The number of aldehydes is 1. The van der Waals surface area contributed by atoms with Crippen molar-refractivity contribution in [1.29, 1.82) is 5.26 Å². The highest BCUT2D eigenvalue weighted by Crippen LogP contribution is 2.33. The number of fused-ring (bicyclic) bond motifs is 1. The molecule has 0 bridgehead atoms. The van der Waals surface area contributed by atoms with Crippen molar-refractivity contribution in [2.24, 2.45) is 7.05 Å². The topological polar surface area (TPSA) is 112 Å². The van der Waals surface area contributed by atoms with Gasteiger partial charge < -0.3 is 10.3 Å². The highest BCUT2D eigenvalue weighted by atomic mass is 16.1. The Labute approximate surface area is 167 Å². The molecule has 4 aromatic rings. The van der Waals surface area contributed by atoms with Crippen molar-refractivity contribution in [2.75, 3.05) is 5.32 Å². The third-order valence-electron chi connectivity index (χ3n) is 4.94. The Morgan fingerprint density at radius 1 is 1.28 bits per heavy atom. The van der Waals surface area contributed by atoms with Crippen LogP contribution in [0.2, 0.25) is 0 Å². The first-order valence-corrected chi connectivity index (χ1v) is 9.03. The highest BCUT2D eigenvalue weighted by molar-refractivity contribution is 5.86. The number of hydrogen-bond donors (Lipinski definition) is 2. The van der Waals surface area contributed by atoms with Gasteiger partial charge in [-0.05, 0) is 37.6 Å². The number of pyridine rings is 1. The van der Waals surface area contributed by atoms with Gasteiger partial charge in [0, 0.05) is 36.5 Å². The minimum atomic E-state index is -0.505. The molecule has 0 aliphatic carbocycles. The van der Waals surface area contributed by atoms with Gasteiger partial charge in [-0.2, -0.15) is 10.4 Å². The number of nitrogens with zero attached hydrogens (tertiary/aromatic N) is 5. The van der Waals surface area contributed by atoms with Crippen LogP contribution in [0.4, 0.5) is 11.5 Å². The summed E-state index contributed by atoms with van der Waals surface area (Å²) >= 11 is 0. The van der Waals surface area contributed by atoms with Crippen molar-refractivity contribution < 1.29 is 4.79 Å². The average molecular weight is 385 g/mol. The third-order valence-corrected chi connectivity index (χ3v) is 4.94. The largest absolute Gasteiger partial charge is 0.340 e. The zero-order valence-electron chi connectivity index (χ0n) is 16.3. The fourth-order valence-corrected chi connectivity index (χ4v) is 3.18. The molecule has 0 aliphatic heterocycles. The van der Waals surface area contributed by atoms with Gasteiger partial charge in [0.05, 0.1) is 16.8 Å². The third kappa shape index (κ3) is 3.34. The van der Waals surface area contributed by atoms with Crippen LogP contribution < -0.4 is 5.32 Å². The smallest absolute Gasteiger partial charge is 0.177 e. The molecule has 2 N–H and O–H groups in total. The maximum Gasteiger partial charge on any atom is 0.177 e. The van der Waals surface area contributed by atoms with Crippen LogP contribution in [0.15, 0.2) is 42.7 Å². The monoisotopic (exact) mass is 385 g/mol. The van der Waals surface area contributed by atoms with Crippen molar-refractivity contribution >= 4 is 29.0 Å². The number of hydrogen-bond acceptors (Lipinski definition) is 6. The predicted octanol–water partition coefficient (Wildman–Crippen LogP) is 3.45. The van der Waals surface area contributed by atoms with E-state index in [4.69, 9.17) is 5.26 Å². The van der Waals surface area contributed by atoms with Crippen LogP contribution in [-0.4, -0.2) is 31.0 Å². The maximum absolute atomic E-state index is 11.7. The Kier molecular flexibility index (Phi) is 4.35. The first kappa shape index (κ1) is 18.4. The Balaban J connectivity index is 1.71. The molecule has 0 saturated heterocycles. The minimum Gasteiger partial charge on any atom is -0.340 e. The Morgan fingerprint density at radius 2 is 2.10 bits per heavy atom. The number of rotatable bonds is 5. The van der Waals surface area contributed by atoms with E-state index < -0.39 is 5.41 Å². The summed E-state index contributed by atoms with van der Waals surface area (Å²) in [6, 6.07) is 11.3. The number of carbonyl (C=O) groups excluding carboxylic acids is 1. The molecule has 144 valence electrons. The van der Waals surface area contributed by atoms with Gasteiger partial charge in [-0.25, -0.2) is 9.97 Å². The zero-order chi connectivity index (χ0) is 20.6. The van der Waals surface area contributed by atoms with Crippen LogP contribution >= 0.6 is 0 Å². The van der Waals surface area contributed by atoms with Crippen molar-refractivity contribution in [1.82, 2.24) is 24.7 Å². The molecule has 4 rings (SSSR count). The molecule has 8 nitrogen and oxygen atoms in total. The first-order valence-electron chi connectivity index (χ1n) is 9.03. The second-order valence-electron chi connectivity index (χ2n) is 7.34. The van der Waals surface area contributed by atoms with Gasteiger partial charge >= 0.3 is 0 Å². The van der Waals surface area contributed by atoms with Gasteiger partial charge in [-0.3, -0.25) is 9.48 Å². The maximum atomic E-state index is 11.7. The lowest BCUT2D eigenvalue weighted by Crippen LogP contribution is -2.21. The molecule has 0 spiro atoms. The highest BCUT2D eigenvalue weighted by Gasteiger charge is 2.28. The van der Waals surface area contributed by atoms with E-state index in [1.54, 1.807) is 10.7 Å². The van der Waals surface area contributed by atoms with Gasteiger partial charge in [-0.1, -0.05) is 6.07 Å². The normalized spacial score (nSPS) is 11.4. The van der Waals surface area contributed by atoms with Crippen LogP contribution in [-0.2, 0) is 12.5 Å². The van der Waals surface area contributed by atoms with Crippen LogP contribution in [0, 0.1) is 11.3 Å². The number of nitrogens with one attached hydrogen (secondary N) is 2. The quantitative estimate of drug-likeness (QED) is 0.509. The number of carbonyl (C=O) groups is 1. The fraction of sp³-hybridized carbons (Fsp3) is 0.190. The summed E-state index contributed by atoms with van der Waals surface area (Å²) in [6.45, 7) is 4.04. The number of aromatic amines is 1. The number of nitriles is 1. The van der Waals surface area contributed by atoms with Crippen molar-refractivity contribution in [3.05, 3.63) is 65.2 Å². The fourth-order valence-electron chi connectivity index (χ4n) is 3.18. The summed E-state index contributed by atoms with van der Waals surface area (Å²) in [7, 11) is 1.83. The minimum absolute atomic E-state index is 0.471. The molecule has 0 fully saturated rings. The van der Waals surface area contributed by atoms with Crippen LogP contribution in [0.1, 0.15) is 41.2 Å². The lowest BCUT2D eigenvalue weighted by Gasteiger charge is -2.23. The molecule has 0 saturated carbocycles. The van der Waals surface area contributed by atoms with E-state index in [-0.39, 0.29) is 0 Å². The van der Waals surface area contributed by atoms with E-state index in [9.17, 15) is 4.79 Å². The number of imidazole rings is 1. The molecule has 1 aromatic carbocycles. The van der Waals surface area contributed by atoms with Crippen molar-refractivity contribution in [3.63, 3.8) is 0 Å². The number of aromatic nitrogens is 5. The van der Waals surface area contributed by atoms with Crippen molar-refractivity contribution in [2.45, 2.75) is 19.3 Å². The molecular formula is C21H19N7O. The standard InChI is InChI=1S/C21H19N7O/c1-21(2,20-25-17-8-13(10-22)11-23-19(17)26-20)15-4-5-16(14(9-15)12-29)24-18-6-7-28(3)27-18/h4-9,11-12H,1-3H3,(H,24,27)(H,23,25,26). The lowest BCUT2D eigenvalue weighted by molar-refractivity contribution is 0.112. The second kappa shape index (κ2) is 6.87. The van der Waals surface area contributed by atoms with Gasteiger partial charge in [0.1, 0.15) is 11.9 Å². The van der Waals surface area contributed by atoms with E-state index in [2.05, 4.69) is 31.4 Å². The number of H-pyrrole nitrogens is 1. The Bertz CT molecular complexity index is 1260. The van der Waals surface area contributed by atoms with E-state index in [0.29, 0.717) is 39.6 Å². The first-order chi connectivity index (χ1) is 13.9. The predicted molar refractivity (Wildman–Crippen MR) is 109 cm³/mol. The van der Waals surface area contributed by atoms with Gasteiger partial charge in [-0.15, -0.1) is 0 Å². The van der Waals surface area contributed by atoms with E-state index in [1.165, 1.54) is 6.20 Å².